The molecule has 0 saturated carbocycles. The van der Waals surface area contributed by atoms with E-state index in [2.05, 4.69) is 0 Å². The SMILES string of the molecule is O=C(O)CCCC=CC[C@H]1C=CC(=O)[C@@H]1C=CC(O)COc1cccc(C(F)(F)F)c1. The number of carboxylic acids is 1. The summed E-state index contributed by atoms with van der Waals surface area (Å²) in [5.74, 6) is -1.44. The van der Waals surface area contributed by atoms with Crippen molar-refractivity contribution in [2.45, 2.75) is 38.0 Å². The largest absolute Gasteiger partial charge is 0.491 e. The highest BCUT2D eigenvalue weighted by Gasteiger charge is 2.30. The molecule has 31 heavy (non-hydrogen) atoms. The molecule has 0 radical (unpaired) electrons. The van der Waals surface area contributed by atoms with E-state index in [1.807, 2.05) is 12.2 Å². The minimum Gasteiger partial charge on any atom is -0.491 e. The Hall–Kier alpha value is -2.87. The number of aliphatic carboxylic acids is 1. The quantitative estimate of drug-likeness (QED) is 0.391. The lowest BCUT2D eigenvalue weighted by Crippen LogP contribution is -2.18. The topological polar surface area (TPSA) is 83.8 Å². The van der Waals surface area contributed by atoms with Gasteiger partial charge in [0.2, 0.25) is 0 Å². The highest BCUT2D eigenvalue weighted by Crippen LogP contribution is 2.31. The summed E-state index contributed by atoms with van der Waals surface area (Å²) in [5, 5.41) is 18.7. The van der Waals surface area contributed by atoms with Crippen LogP contribution in [0.5, 0.6) is 5.75 Å². The number of hydrogen-bond donors (Lipinski definition) is 2. The molecule has 0 saturated heterocycles. The summed E-state index contributed by atoms with van der Waals surface area (Å²) in [6.07, 6.45) is 6.41. The van der Waals surface area contributed by atoms with Crippen LogP contribution < -0.4 is 4.74 Å². The number of ketones is 1. The molecule has 1 aromatic rings. The number of carbonyl (C=O) groups is 2. The molecular formula is C23H25F3O5. The van der Waals surface area contributed by atoms with Crippen molar-refractivity contribution in [1.29, 1.82) is 0 Å². The van der Waals surface area contributed by atoms with E-state index in [0.717, 1.165) is 12.1 Å². The lowest BCUT2D eigenvalue weighted by molar-refractivity contribution is -0.138. The van der Waals surface area contributed by atoms with Gasteiger partial charge >= 0.3 is 12.1 Å². The second-order valence-electron chi connectivity index (χ2n) is 7.23. The van der Waals surface area contributed by atoms with E-state index in [4.69, 9.17) is 9.84 Å². The highest BCUT2D eigenvalue weighted by molar-refractivity contribution is 5.95. The Morgan fingerprint density at radius 2 is 2.03 bits per heavy atom. The van der Waals surface area contributed by atoms with Gasteiger partial charge in [0.15, 0.2) is 5.78 Å². The average Bonchev–Trinajstić information content (AvgIpc) is 3.06. The van der Waals surface area contributed by atoms with Crippen LogP contribution in [-0.4, -0.2) is 34.7 Å². The number of carbonyl (C=O) groups excluding carboxylic acids is 1. The van der Waals surface area contributed by atoms with Gasteiger partial charge in [-0.1, -0.05) is 36.4 Å². The molecule has 1 unspecified atom stereocenters. The van der Waals surface area contributed by atoms with Crippen molar-refractivity contribution in [2.24, 2.45) is 11.8 Å². The number of allylic oxidation sites excluding steroid dienone is 5. The van der Waals surface area contributed by atoms with Crippen LogP contribution in [0.2, 0.25) is 0 Å². The lowest BCUT2D eigenvalue weighted by atomic mass is 9.91. The maximum absolute atomic E-state index is 12.7. The number of aliphatic hydroxyl groups excluding tert-OH is 1. The van der Waals surface area contributed by atoms with Crippen molar-refractivity contribution in [2.75, 3.05) is 6.61 Å². The number of rotatable bonds is 11. The first-order valence-corrected chi connectivity index (χ1v) is 9.92. The molecule has 0 amide bonds. The smallest absolute Gasteiger partial charge is 0.416 e. The van der Waals surface area contributed by atoms with E-state index in [9.17, 15) is 27.9 Å². The van der Waals surface area contributed by atoms with Gasteiger partial charge < -0.3 is 14.9 Å². The molecule has 3 atom stereocenters. The first kappa shape index (κ1) is 24.4. The van der Waals surface area contributed by atoms with Gasteiger partial charge in [0, 0.05) is 12.3 Å². The Balaban J connectivity index is 1.83. The van der Waals surface area contributed by atoms with Gasteiger partial charge in [0.1, 0.15) is 18.5 Å². The Bertz CT molecular complexity index is 842. The monoisotopic (exact) mass is 438 g/mol. The summed E-state index contributed by atoms with van der Waals surface area (Å²) in [4.78, 5) is 22.5. The van der Waals surface area contributed by atoms with Gasteiger partial charge in [-0.3, -0.25) is 9.59 Å². The van der Waals surface area contributed by atoms with Gasteiger partial charge in [-0.2, -0.15) is 13.2 Å². The van der Waals surface area contributed by atoms with Crippen molar-refractivity contribution in [3.05, 3.63) is 66.3 Å². The minimum absolute atomic E-state index is 0.00760. The van der Waals surface area contributed by atoms with E-state index in [-0.39, 0.29) is 30.5 Å². The predicted octanol–water partition coefficient (Wildman–Crippen LogP) is 4.57. The number of ether oxygens (including phenoxy) is 1. The molecule has 2 rings (SSSR count). The van der Waals surface area contributed by atoms with Crippen LogP contribution in [0.15, 0.2) is 60.7 Å². The first-order valence-electron chi connectivity index (χ1n) is 9.92. The van der Waals surface area contributed by atoms with Crippen molar-refractivity contribution in [1.82, 2.24) is 0 Å². The number of aliphatic hydroxyl groups is 1. The molecule has 5 nitrogen and oxygen atoms in total. The number of carboxylic acid groups (broad SMARTS) is 1. The first-order chi connectivity index (χ1) is 14.7. The van der Waals surface area contributed by atoms with Crippen molar-refractivity contribution >= 4 is 11.8 Å². The normalized spacial score (nSPS) is 20.1. The van der Waals surface area contributed by atoms with Gasteiger partial charge in [-0.05, 0) is 49.5 Å². The number of halogens is 3. The second kappa shape index (κ2) is 11.5. The Morgan fingerprint density at radius 3 is 2.74 bits per heavy atom. The Kier molecular flexibility index (Phi) is 9.05. The molecule has 168 valence electrons. The van der Waals surface area contributed by atoms with E-state index < -0.39 is 29.7 Å². The fraction of sp³-hybridized carbons (Fsp3) is 0.391. The highest BCUT2D eigenvalue weighted by atomic mass is 19.4. The van der Waals surface area contributed by atoms with Crippen molar-refractivity contribution < 1.29 is 37.7 Å². The zero-order chi connectivity index (χ0) is 22.9. The molecule has 8 heteroatoms. The zero-order valence-corrected chi connectivity index (χ0v) is 16.8. The standard InChI is InChI=1S/C23H25F3O5/c24-23(25,26)17-7-5-8-19(14-17)31-15-18(27)11-12-20-16(10-13-21(20)28)6-3-1-2-4-9-22(29)30/h1,3,5,7-8,10-14,16,18,20,27H,2,4,6,9,15H2,(H,29,30)/t16-,18?,20+/m0/s1. The molecular weight excluding hydrogens is 413 g/mol. The van der Waals surface area contributed by atoms with Crippen LogP contribution >= 0.6 is 0 Å². The molecule has 0 heterocycles. The molecule has 0 fully saturated rings. The van der Waals surface area contributed by atoms with Gasteiger partial charge in [0.25, 0.3) is 0 Å². The molecule has 0 bridgehead atoms. The molecule has 0 aromatic heterocycles. The third-order valence-corrected chi connectivity index (χ3v) is 4.76. The lowest BCUT2D eigenvalue weighted by Gasteiger charge is -2.14. The van der Waals surface area contributed by atoms with E-state index in [0.29, 0.717) is 19.3 Å². The summed E-state index contributed by atoms with van der Waals surface area (Å²) in [6.45, 7) is -0.250. The fourth-order valence-electron chi connectivity index (χ4n) is 3.11. The summed E-state index contributed by atoms with van der Waals surface area (Å²) in [7, 11) is 0. The van der Waals surface area contributed by atoms with Crippen molar-refractivity contribution in [3.8, 4) is 5.75 Å². The van der Waals surface area contributed by atoms with E-state index in [1.54, 1.807) is 12.2 Å². The summed E-state index contributed by atoms with van der Waals surface area (Å²) < 4.78 is 43.4. The average molecular weight is 438 g/mol. The van der Waals surface area contributed by atoms with Crippen LogP contribution in [-0.2, 0) is 15.8 Å². The summed E-state index contributed by atoms with van der Waals surface area (Å²) in [5.41, 5.74) is -0.837. The molecule has 2 N–H and O–H groups in total. The number of alkyl halides is 3. The van der Waals surface area contributed by atoms with E-state index >= 15 is 0 Å². The van der Waals surface area contributed by atoms with E-state index in [1.165, 1.54) is 24.3 Å². The molecule has 0 aliphatic heterocycles. The van der Waals surface area contributed by atoms with Gasteiger partial charge in [-0.25, -0.2) is 0 Å². The third-order valence-electron chi connectivity index (χ3n) is 4.76. The van der Waals surface area contributed by atoms with Crippen LogP contribution in [0.1, 0.15) is 31.2 Å². The molecule has 1 aliphatic rings. The molecule has 1 aromatic carbocycles. The van der Waals surface area contributed by atoms with Crippen LogP contribution in [0.25, 0.3) is 0 Å². The van der Waals surface area contributed by atoms with Gasteiger partial charge in [0.05, 0.1) is 5.56 Å². The van der Waals surface area contributed by atoms with Crippen LogP contribution in [0.3, 0.4) is 0 Å². The Morgan fingerprint density at radius 1 is 1.26 bits per heavy atom. The zero-order valence-electron chi connectivity index (χ0n) is 16.8. The number of benzene rings is 1. The minimum atomic E-state index is -4.48. The van der Waals surface area contributed by atoms with Gasteiger partial charge in [-0.15, -0.1) is 0 Å². The van der Waals surface area contributed by atoms with Crippen LogP contribution in [0.4, 0.5) is 13.2 Å². The Labute approximate surface area is 178 Å². The molecule has 0 spiro atoms. The predicted molar refractivity (Wildman–Crippen MR) is 108 cm³/mol. The van der Waals surface area contributed by atoms with Crippen molar-refractivity contribution in [3.63, 3.8) is 0 Å². The third kappa shape index (κ3) is 8.41. The maximum Gasteiger partial charge on any atom is 0.416 e. The summed E-state index contributed by atoms with van der Waals surface area (Å²) in [6, 6.07) is 4.39. The fourth-order valence-corrected chi connectivity index (χ4v) is 3.11. The van der Waals surface area contributed by atoms with Crippen LogP contribution in [0, 0.1) is 11.8 Å². The second-order valence-corrected chi connectivity index (χ2v) is 7.23. The number of hydrogen-bond acceptors (Lipinski definition) is 4. The number of unbranched alkanes of at least 4 members (excludes halogenated alkanes) is 1. The maximum atomic E-state index is 12.7. The molecule has 1 aliphatic carbocycles. The summed E-state index contributed by atoms with van der Waals surface area (Å²) >= 11 is 0.